The van der Waals surface area contributed by atoms with Gasteiger partial charge in [-0.2, -0.15) is 10.4 Å². The van der Waals surface area contributed by atoms with E-state index < -0.39 is 0 Å². The van der Waals surface area contributed by atoms with Crippen LogP contribution in [0.2, 0.25) is 5.02 Å². The van der Waals surface area contributed by atoms with Crippen LogP contribution < -0.4 is 0 Å². The molecule has 0 atom stereocenters. The Hall–Kier alpha value is -3.81. The predicted molar refractivity (Wildman–Crippen MR) is 115 cm³/mol. The van der Waals surface area contributed by atoms with Crippen LogP contribution in [0.25, 0.3) is 22.5 Å². The number of aromatic nitrogens is 1. The summed E-state index contributed by atoms with van der Waals surface area (Å²) >= 11 is 6.05. The van der Waals surface area contributed by atoms with Crippen LogP contribution in [0.5, 0.6) is 0 Å². The van der Waals surface area contributed by atoms with Crippen LogP contribution >= 0.6 is 11.6 Å². The van der Waals surface area contributed by atoms with Crippen molar-refractivity contribution in [3.8, 4) is 28.6 Å². The Morgan fingerprint density at radius 3 is 2.00 bits per heavy atom. The van der Waals surface area contributed by atoms with Crippen LogP contribution in [0.15, 0.2) is 101 Å². The first-order valence-electron chi connectivity index (χ1n) is 8.98. The molecule has 29 heavy (non-hydrogen) atoms. The highest BCUT2D eigenvalue weighted by Crippen LogP contribution is 2.35. The SMILES string of the molecule is N#Cc1cc(N=Nc2ccccc2)c(-c2ccc(Cl)cc2)nc1-c1ccccc1. The van der Waals surface area contributed by atoms with Crippen LogP contribution in [-0.4, -0.2) is 4.98 Å². The van der Waals surface area contributed by atoms with Crippen molar-refractivity contribution in [2.75, 3.05) is 0 Å². The van der Waals surface area contributed by atoms with Gasteiger partial charge in [0.25, 0.3) is 0 Å². The summed E-state index contributed by atoms with van der Waals surface area (Å²) in [6, 6.07) is 30.4. The molecule has 0 saturated heterocycles. The van der Waals surface area contributed by atoms with Gasteiger partial charge in [0.05, 0.1) is 22.6 Å². The molecule has 0 unspecified atom stereocenters. The highest BCUT2D eigenvalue weighted by molar-refractivity contribution is 6.30. The molecule has 0 amide bonds. The first-order valence-corrected chi connectivity index (χ1v) is 9.36. The van der Waals surface area contributed by atoms with Crippen molar-refractivity contribution in [2.45, 2.75) is 0 Å². The number of benzene rings is 3. The number of nitrogens with zero attached hydrogens (tertiary/aromatic N) is 4. The van der Waals surface area contributed by atoms with E-state index in [0.717, 1.165) is 16.8 Å². The quantitative estimate of drug-likeness (QED) is 0.339. The number of azo groups is 1. The summed E-state index contributed by atoms with van der Waals surface area (Å²) in [5, 5.41) is 19.0. The summed E-state index contributed by atoms with van der Waals surface area (Å²) in [5.41, 5.74) is 4.64. The number of rotatable bonds is 4. The molecule has 3 aromatic carbocycles. The molecule has 0 radical (unpaired) electrons. The third kappa shape index (κ3) is 4.21. The summed E-state index contributed by atoms with van der Waals surface area (Å²) in [7, 11) is 0. The number of nitriles is 1. The molecule has 1 aromatic heterocycles. The standard InChI is InChI=1S/C24H15ClN4/c25-20-13-11-18(12-14-20)24-22(29-28-21-9-5-2-6-10-21)15-19(16-26)23(27-24)17-7-3-1-4-8-17/h1-15H. The molecular weight excluding hydrogens is 380 g/mol. The molecule has 0 aliphatic rings. The van der Waals surface area contributed by atoms with Gasteiger partial charge in [-0.3, -0.25) is 0 Å². The Morgan fingerprint density at radius 1 is 0.724 bits per heavy atom. The van der Waals surface area contributed by atoms with Crippen LogP contribution in [0.1, 0.15) is 5.56 Å². The summed E-state index contributed by atoms with van der Waals surface area (Å²) in [6.07, 6.45) is 0. The molecule has 4 aromatic rings. The zero-order valence-electron chi connectivity index (χ0n) is 15.3. The van der Waals surface area contributed by atoms with Gasteiger partial charge in [0, 0.05) is 16.1 Å². The molecule has 4 nitrogen and oxygen atoms in total. The molecule has 0 saturated carbocycles. The normalized spacial score (nSPS) is 10.8. The summed E-state index contributed by atoms with van der Waals surface area (Å²) in [4.78, 5) is 4.81. The van der Waals surface area contributed by atoms with Crippen LogP contribution in [0.4, 0.5) is 11.4 Å². The van der Waals surface area contributed by atoms with Crippen molar-refractivity contribution in [2.24, 2.45) is 10.2 Å². The van der Waals surface area contributed by atoms with Gasteiger partial charge in [0.1, 0.15) is 11.8 Å². The Labute approximate surface area is 173 Å². The Morgan fingerprint density at radius 2 is 1.34 bits per heavy atom. The second kappa shape index (κ2) is 8.47. The Bertz CT molecular complexity index is 1200. The molecule has 0 spiro atoms. The van der Waals surface area contributed by atoms with Crippen molar-refractivity contribution in [1.82, 2.24) is 4.98 Å². The smallest absolute Gasteiger partial charge is 0.113 e. The molecule has 1 heterocycles. The monoisotopic (exact) mass is 394 g/mol. The maximum absolute atomic E-state index is 9.71. The van der Waals surface area contributed by atoms with Gasteiger partial charge < -0.3 is 0 Å². The van der Waals surface area contributed by atoms with Crippen LogP contribution in [-0.2, 0) is 0 Å². The second-order valence-corrected chi connectivity index (χ2v) is 6.71. The van der Waals surface area contributed by atoms with Crippen molar-refractivity contribution in [3.63, 3.8) is 0 Å². The average molecular weight is 395 g/mol. The lowest BCUT2D eigenvalue weighted by Crippen LogP contribution is -1.93. The Balaban J connectivity index is 1.90. The van der Waals surface area contributed by atoms with Gasteiger partial charge >= 0.3 is 0 Å². The summed E-state index contributed by atoms with van der Waals surface area (Å²) in [5.74, 6) is 0. The van der Waals surface area contributed by atoms with Crippen molar-refractivity contribution in [3.05, 3.63) is 102 Å². The molecule has 0 bridgehead atoms. The highest BCUT2D eigenvalue weighted by atomic mass is 35.5. The van der Waals surface area contributed by atoms with Crippen LogP contribution in [0.3, 0.4) is 0 Å². The van der Waals surface area contributed by atoms with Gasteiger partial charge in [0.15, 0.2) is 0 Å². The van der Waals surface area contributed by atoms with E-state index in [1.54, 1.807) is 18.2 Å². The third-order valence-corrected chi connectivity index (χ3v) is 4.57. The minimum absolute atomic E-state index is 0.441. The number of hydrogen-bond acceptors (Lipinski definition) is 4. The first-order chi connectivity index (χ1) is 14.2. The predicted octanol–water partition coefficient (Wildman–Crippen LogP) is 7.36. The fraction of sp³-hybridized carbons (Fsp3) is 0. The number of pyridine rings is 1. The maximum Gasteiger partial charge on any atom is 0.113 e. The lowest BCUT2D eigenvalue weighted by Gasteiger charge is -2.10. The molecule has 138 valence electrons. The fourth-order valence-corrected chi connectivity index (χ4v) is 3.03. The van der Waals surface area contributed by atoms with E-state index in [-0.39, 0.29) is 0 Å². The average Bonchev–Trinajstić information content (AvgIpc) is 2.79. The maximum atomic E-state index is 9.71. The number of hydrogen-bond donors (Lipinski definition) is 0. The van der Waals surface area contributed by atoms with E-state index in [1.165, 1.54) is 0 Å². The van der Waals surface area contributed by atoms with E-state index in [9.17, 15) is 5.26 Å². The van der Waals surface area contributed by atoms with Gasteiger partial charge in [-0.1, -0.05) is 72.3 Å². The van der Waals surface area contributed by atoms with Gasteiger partial charge in [-0.15, -0.1) is 5.11 Å². The lowest BCUT2D eigenvalue weighted by atomic mass is 10.0. The van der Waals surface area contributed by atoms with Crippen molar-refractivity contribution >= 4 is 23.0 Å². The molecule has 0 aliphatic heterocycles. The zero-order chi connectivity index (χ0) is 20.1. The zero-order valence-corrected chi connectivity index (χ0v) is 16.1. The highest BCUT2D eigenvalue weighted by Gasteiger charge is 2.15. The minimum Gasteiger partial charge on any atom is -0.244 e. The molecule has 0 fully saturated rings. The van der Waals surface area contributed by atoms with E-state index in [4.69, 9.17) is 16.6 Å². The lowest BCUT2D eigenvalue weighted by molar-refractivity contribution is 1.19. The van der Waals surface area contributed by atoms with Crippen LogP contribution in [0, 0.1) is 11.3 Å². The molecule has 0 aliphatic carbocycles. The number of halogens is 1. The fourth-order valence-electron chi connectivity index (χ4n) is 2.91. The van der Waals surface area contributed by atoms with Crippen molar-refractivity contribution < 1.29 is 0 Å². The van der Waals surface area contributed by atoms with E-state index >= 15 is 0 Å². The molecule has 0 N–H and O–H groups in total. The van der Waals surface area contributed by atoms with Gasteiger partial charge in [-0.25, -0.2) is 4.98 Å². The van der Waals surface area contributed by atoms with Crippen molar-refractivity contribution in [1.29, 1.82) is 5.26 Å². The van der Waals surface area contributed by atoms with Gasteiger partial charge in [0.2, 0.25) is 0 Å². The molecule has 5 heteroatoms. The van der Waals surface area contributed by atoms with E-state index in [0.29, 0.717) is 27.7 Å². The largest absolute Gasteiger partial charge is 0.244 e. The summed E-state index contributed by atoms with van der Waals surface area (Å²) in [6.45, 7) is 0. The topological polar surface area (TPSA) is 61.4 Å². The summed E-state index contributed by atoms with van der Waals surface area (Å²) < 4.78 is 0. The van der Waals surface area contributed by atoms with E-state index in [2.05, 4.69) is 16.3 Å². The molecule has 4 rings (SSSR count). The minimum atomic E-state index is 0.441. The second-order valence-electron chi connectivity index (χ2n) is 6.27. The van der Waals surface area contributed by atoms with E-state index in [1.807, 2.05) is 72.8 Å². The first kappa shape index (κ1) is 18.5. The third-order valence-electron chi connectivity index (χ3n) is 4.32. The van der Waals surface area contributed by atoms with Gasteiger partial charge in [-0.05, 0) is 30.3 Å². The Kier molecular flexibility index (Phi) is 5.42. The molecular formula is C24H15ClN4.